The highest BCUT2D eigenvalue weighted by atomic mass is 15.0. The van der Waals surface area contributed by atoms with Gasteiger partial charge in [-0.2, -0.15) is 0 Å². The molecule has 42 heavy (non-hydrogen) atoms. The van der Waals surface area contributed by atoms with Crippen molar-refractivity contribution in [1.29, 1.82) is 0 Å². The Hall–Kier alpha value is -4.04. The summed E-state index contributed by atoms with van der Waals surface area (Å²) in [4.78, 5) is 0. The molecule has 6 aromatic rings. The summed E-state index contributed by atoms with van der Waals surface area (Å²) < 4.78 is 5.10. The number of hydrogen-bond donors (Lipinski definition) is 0. The zero-order chi connectivity index (χ0) is 29.1. The van der Waals surface area contributed by atoms with Crippen molar-refractivity contribution in [1.82, 2.24) is 9.13 Å². The first-order valence-electron chi connectivity index (χ1n) is 15.8. The standard InChI is InChI=1S/C40H44N2/c1-5-6-7-16-34-31(4)41(38-22-11-8-17-35(34)38)27-14-20-32-29(2)25-26-30(3)33(32)21-15-28-42-39-23-12-9-18-36(39)37-19-10-13-24-40(37)42/h6-13,17-19,22-26H,5,14-16,20-21,27-28H2,1-4H3/b7-6-. The Bertz CT molecular complexity index is 1820. The van der Waals surface area contributed by atoms with E-state index < -0.39 is 0 Å². The van der Waals surface area contributed by atoms with Crippen molar-refractivity contribution in [2.45, 2.75) is 79.3 Å². The van der Waals surface area contributed by atoms with Gasteiger partial charge in [0.15, 0.2) is 0 Å². The highest BCUT2D eigenvalue weighted by molar-refractivity contribution is 6.07. The van der Waals surface area contributed by atoms with E-state index in [1.165, 1.54) is 55.1 Å². The summed E-state index contributed by atoms with van der Waals surface area (Å²) in [6, 6.07) is 31.3. The number of hydrogen-bond acceptors (Lipinski definition) is 0. The molecule has 2 heterocycles. The number of aromatic nitrogens is 2. The molecule has 4 aromatic carbocycles. The third kappa shape index (κ3) is 5.31. The van der Waals surface area contributed by atoms with Crippen LogP contribution in [0.1, 0.15) is 59.7 Å². The minimum absolute atomic E-state index is 1.01. The fraction of sp³-hybridized carbons (Fsp3) is 0.300. The van der Waals surface area contributed by atoms with Gasteiger partial charge in [-0.05, 0) is 105 Å². The van der Waals surface area contributed by atoms with E-state index in [1.807, 2.05) is 0 Å². The number of fused-ring (bicyclic) bond motifs is 4. The second-order valence-corrected chi connectivity index (χ2v) is 11.9. The van der Waals surface area contributed by atoms with Crippen LogP contribution in [0.25, 0.3) is 32.7 Å². The molecule has 0 aliphatic rings. The van der Waals surface area contributed by atoms with Crippen LogP contribution in [0.2, 0.25) is 0 Å². The lowest BCUT2D eigenvalue weighted by Crippen LogP contribution is -2.07. The van der Waals surface area contributed by atoms with Gasteiger partial charge in [-0.25, -0.2) is 0 Å². The molecule has 214 valence electrons. The zero-order valence-electron chi connectivity index (χ0n) is 25.8. The van der Waals surface area contributed by atoms with Crippen molar-refractivity contribution in [3.63, 3.8) is 0 Å². The molecule has 0 unspecified atom stereocenters. The number of benzene rings is 4. The number of nitrogens with zero attached hydrogens (tertiary/aromatic N) is 2. The normalized spacial score (nSPS) is 12.0. The maximum atomic E-state index is 2.57. The lowest BCUT2D eigenvalue weighted by Gasteiger charge is -2.17. The van der Waals surface area contributed by atoms with Crippen LogP contribution in [0, 0.1) is 20.8 Å². The minimum atomic E-state index is 1.01. The predicted octanol–water partition coefficient (Wildman–Crippen LogP) is 10.4. The van der Waals surface area contributed by atoms with Gasteiger partial charge in [-0.1, -0.05) is 85.8 Å². The molecule has 0 amide bonds. The summed E-state index contributed by atoms with van der Waals surface area (Å²) in [5, 5.41) is 4.13. The van der Waals surface area contributed by atoms with Gasteiger partial charge >= 0.3 is 0 Å². The van der Waals surface area contributed by atoms with Crippen molar-refractivity contribution in [2.24, 2.45) is 0 Å². The predicted molar refractivity (Wildman–Crippen MR) is 182 cm³/mol. The molecular weight excluding hydrogens is 508 g/mol. The van der Waals surface area contributed by atoms with Gasteiger partial charge in [0.05, 0.1) is 0 Å². The fourth-order valence-corrected chi connectivity index (χ4v) is 7.11. The third-order valence-electron chi connectivity index (χ3n) is 9.28. The molecule has 0 spiro atoms. The zero-order valence-corrected chi connectivity index (χ0v) is 25.8. The number of aryl methyl sites for hydroxylation is 4. The van der Waals surface area contributed by atoms with Gasteiger partial charge < -0.3 is 9.13 Å². The maximum Gasteiger partial charge on any atom is 0.0491 e. The Labute approximate surface area is 251 Å². The molecule has 2 aromatic heterocycles. The topological polar surface area (TPSA) is 9.86 Å². The number of para-hydroxylation sites is 3. The smallest absolute Gasteiger partial charge is 0.0491 e. The van der Waals surface area contributed by atoms with E-state index >= 15 is 0 Å². The van der Waals surface area contributed by atoms with Gasteiger partial charge in [0.25, 0.3) is 0 Å². The van der Waals surface area contributed by atoms with Gasteiger partial charge in [-0.15, -0.1) is 0 Å². The molecule has 2 nitrogen and oxygen atoms in total. The lowest BCUT2D eigenvalue weighted by molar-refractivity contribution is 0.636. The Kier molecular flexibility index (Phi) is 8.33. The lowest BCUT2D eigenvalue weighted by atomic mass is 9.91. The molecule has 0 aliphatic carbocycles. The molecule has 0 fully saturated rings. The van der Waals surface area contributed by atoms with E-state index in [4.69, 9.17) is 0 Å². The largest absolute Gasteiger partial charge is 0.345 e. The van der Waals surface area contributed by atoms with Crippen LogP contribution >= 0.6 is 0 Å². The molecular formula is C40H44N2. The molecule has 2 heteroatoms. The van der Waals surface area contributed by atoms with E-state index in [0.29, 0.717) is 0 Å². The van der Waals surface area contributed by atoms with Crippen LogP contribution in [0.15, 0.2) is 97.1 Å². The average molecular weight is 553 g/mol. The monoisotopic (exact) mass is 552 g/mol. The van der Waals surface area contributed by atoms with E-state index in [9.17, 15) is 0 Å². The van der Waals surface area contributed by atoms with Crippen LogP contribution in [0.5, 0.6) is 0 Å². The third-order valence-corrected chi connectivity index (χ3v) is 9.28. The Morgan fingerprint density at radius 1 is 0.524 bits per heavy atom. The molecule has 0 radical (unpaired) electrons. The highest BCUT2D eigenvalue weighted by Crippen LogP contribution is 2.31. The fourth-order valence-electron chi connectivity index (χ4n) is 7.11. The highest BCUT2D eigenvalue weighted by Gasteiger charge is 2.15. The molecule has 0 saturated carbocycles. The Morgan fingerprint density at radius 3 is 1.55 bits per heavy atom. The van der Waals surface area contributed by atoms with Crippen LogP contribution in [-0.4, -0.2) is 9.13 Å². The van der Waals surface area contributed by atoms with Gasteiger partial charge in [0, 0.05) is 51.5 Å². The maximum absolute atomic E-state index is 2.57. The summed E-state index contributed by atoms with van der Waals surface area (Å²) in [6.07, 6.45) is 11.2. The Morgan fingerprint density at radius 2 is 1.00 bits per heavy atom. The first kappa shape index (κ1) is 28.1. The summed E-state index contributed by atoms with van der Waals surface area (Å²) in [6.45, 7) is 11.2. The quantitative estimate of drug-likeness (QED) is 0.142. The van der Waals surface area contributed by atoms with Crippen LogP contribution in [0.3, 0.4) is 0 Å². The molecule has 0 bridgehead atoms. The summed E-state index contributed by atoms with van der Waals surface area (Å²) >= 11 is 0. The second kappa shape index (κ2) is 12.4. The van der Waals surface area contributed by atoms with Crippen LogP contribution in [-0.2, 0) is 32.4 Å². The minimum Gasteiger partial charge on any atom is -0.345 e. The number of allylic oxidation sites excluding steroid dienone is 2. The van der Waals surface area contributed by atoms with Crippen LogP contribution in [0.4, 0.5) is 0 Å². The van der Waals surface area contributed by atoms with Crippen molar-refractivity contribution in [2.75, 3.05) is 0 Å². The molecule has 6 rings (SSSR count). The first-order chi connectivity index (χ1) is 20.6. The van der Waals surface area contributed by atoms with Crippen molar-refractivity contribution in [3.8, 4) is 0 Å². The van der Waals surface area contributed by atoms with Crippen molar-refractivity contribution in [3.05, 3.63) is 131 Å². The van der Waals surface area contributed by atoms with E-state index in [0.717, 1.165) is 51.6 Å². The Balaban J connectivity index is 1.20. The first-order valence-corrected chi connectivity index (χ1v) is 15.8. The van der Waals surface area contributed by atoms with E-state index in [-0.39, 0.29) is 0 Å². The van der Waals surface area contributed by atoms with Crippen molar-refractivity contribution >= 4 is 32.7 Å². The van der Waals surface area contributed by atoms with Gasteiger partial charge in [0.1, 0.15) is 0 Å². The number of rotatable bonds is 11. The molecule has 0 N–H and O–H groups in total. The molecule has 0 aliphatic heterocycles. The van der Waals surface area contributed by atoms with Gasteiger partial charge in [-0.3, -0.25) is 0 Å². The molecule has 0 saturated heterocycles. The SMILES string of the molecule is CC/C=C\Cc1c(C)n(CCCc2c(C)ccc(C)c2CCCn2c3ccccc3c3ccccc32)c2ccccc12. The second-order valence-electron chi connectivity index (χ2n) is 11.9. The van der Waals surface area contributed by atoms with E-state index in [2.05, 4.69) is 134 Å². The summed E-state index contributed by atoms with van der Waals surface area (Å²) in [5.74, 6) is 0. The van der Waals surface area contributed by atoms with Crippen LogP contribution < -0.4 is 0 Å². The van der Waals surface area contributed by atoms with Gasteiger partial charge in [0.2, 0.25) is 0 Å². The summed E-state index contributed by atoms with van der Waals surface area (Å²) in [7, 11) is 0. The van der Waals surface area contributed by atoms with E-state index in [1.54, 1.807) is 11.1 Å². The molecule has 0 atom stereocenters. The van der Waals surface area contributed by atoms with Crippen molar-refractivity contribution < 1.29 is 0 Å². The summed E-state index contributed by atoms with van der Waals surface area (Å²) in [5.41, 5.74) is 13.0. The average Bonchev–Trinajstić information content (AvgIpc) is 3.47.